The molecule has 0 bridgehead atoms. The summed E-state index contributed by atoms with van der Waals surface area (Å²) in [6.45, 7) is 6.89. The molecule has 1 aliphatic carbocycles. The summed E-state index contributed by atoms with van der Waals surface area (Å²) in [5, 5.41) is 10.6. The van der Waals surface area contributed by atoms with Crippen LogP contribution in [0.2, 0.25) is 5.02 Å². The lowest BCUT2D eigenvalue weighted by Gasteiger charge is -2.27. The molecule has 0 spiro atoms. The fourth-order valence-corrected chi connectivity index (χ4v) is 8.58. The van der Waals surface area contributed by atoms with Gasteiger partial charge in [-0.05, 0) is 145 Å². The van der Waals surface area contributed by atoms with E-state index >= 15 is 0 Å². The lowest BCUT2D eigenvalue weighted by molar-refractivity contribution is 0.313. The Bertz CT molecular complexity index is 2050. The van der Waals surface area contributed by atoms with Crippen LogP contribution in [0.15, 0.2) is 101 Å². The number of fused-ring (bicyclic) bond motifs is 3. The molecule has 1 atom stereocenters. The Kier molecular flexibility index (Phi) is 13.6. The molecule has 4 aliphatic rings. The minimum absolute atomic E-state index is 0.0278. The van der Waals surface area contributed by atoms with E-state index < -0.39 is 0 Å². The Morgan fingerprint density at radius 1 is 0.709 bits per heavy atom. The number of aryl methyl sites for hydroxylation is 2. The zero-order valence-electron chi connectivity index (χ0n) is 32.8. The average molecular weight is 757 g/mol. The van der Waals surface area contributed by atoms with E-state index in [9.17, 15) is 4.79 Å². The molecule has 0 saturated carbocycles. The van der Waals surface area contributed by atoms with Crippen LogP contribution < -0.4 is 10.9 Å². The maximum atomic E-state index is 13.1. The van der Waals surface area contributed by atoms with Crippen molar-refractivity contribution in [2.24, 2.45) is 0 Å². The van der Waals surface area contributed by atoms with E-state index in [1.54, 1.807) is 10.3 Å². The molecule has 0 amide bonds. The third kappa shape index (κ3) is 10.0. The van der Waals surface area contributed by atoms with Crippen molar-refractivity contribution in [3.05, 3.63) is 146 Å². The summed E-state index contributed by atoms with van der Waals surface area (Å²) in [6.07, 6.45) is 14.4. The highest BCUT2D eigenvalue weighted by molar-refractivity contribution is 6.30. The van der Waals surface area contributed by atoms with Gasteiger partial charge in [-0.25, -0.2) is 4.68 Å². The minimum atomic E-state index is 0.0278. The first kappa shape index (κ1) is 39.1. The SMILES string of the molecule is C1CCNCC1.CN1CCC(=C2c3ccccc3CCc3cccnc32)CC1.CN1CCCC(n2nc(Cc3ccc(Cl)cc3)c3ccccc3c2=O)CC1. The van der Waals surface area contributed by atoms with Crippen molar-refractivity contribution in [3.63, 3.8) is 0 Å². The number of likely N-dealkylation sites (tertiary alicyclic amines) is 2. The van der Waals surface area contributed by atoms with E-state index in [4.69, 9.17) is 21.7 Å². The molecule has 0 radical (unpaired) electrons. The van der Waals surface area contributed by atoms with Crippen LogP contribution in [-0.4, -0.2) is 77.9 Å². The number of rotatable bonds is 3. The standard InChI is InChI=1S/C22H24ClN3O.C20H22N2.C5H11N/c1-25-13-4-5-18(12-14-25)26-22(27)20-7-3-2-6-19(20)21(24-26)15-16-8-10-17(23)11-9-16;1-22-13-10-16(11-14-22)19-18-7-3-2-5-15(18)8-9-17-6-4-12-21-20(17)19;1-2-4-6-5-3-1/h2-3,6-11,18H,4-5,12-15H2,1H3;2-7,12H,8-11,13-14H2,1H3;6H,1-5H2. The van der Waals surface area contributed by atoms with E-state index in [0.29, 0.717) is 6.42 Å². The predicted octanol–water partition coefficient (Wildman–Crippen LogP) is 8.77. The summed E-state index contributed by atoms with van der Waals surface area (Å²) >= 11 is 6.02. The second-order valence-electron chi connectivity index (χ2n) is 15.7. The minimum Gasteiger partial charge on any atom is -0.317 e. The van der Waals surface area contributed by atoms with Gasteiger partial charge >= 0.3 is 0 Å². The van der Waals surface area contributed by atoms with Crippen LogP contribution in [0.25, 0.3) is 16.3 Å². The molecule has 5 aromatic rings. The van der Waals surface area contributed by atoms with Crippen LogP contribution in [0, 0.1) is 0 Å². The molecule has 1 N–H and O–H groups in total. The van der Waals surface area contributed by atoms with E-state index in [1.807, 2.05) is 54.7 Å². The van der Waals surface area contributed by atoms with Gasteiger partial charge in [0.15, 0.2) is 0 Å². The third-order valence-corrected chi connectivity index (χ3v) is 11.9. The van der Waals surface area contributed by atoms with Crippen LogP contribution in [0.4, 0.5) is 0 Å². The van der Waals surface area contributed by atoms with Crippen molar-refractivity contribution in [1.82, 2.24) is 29.9 Å². The number of nitrogens with zero attached hydrogens (tertiary/aromatic N) is 5. The Morgan fingerprint density at radius 3 is 2.15 bits per heavy atom. The first-order valence-corrected chi connectivity index (χ1v) is 20.9. The third-order valence-electron chi connectivity index (χ3n) is 11.7. The van der Waals surface area contributed by atoms with Crippen molar-refractivity contribution >= 4 is 27.9 Å². The Morgan fingerprint density at radius 2 is 1.40 bits per heavy atom. The van der Waals surface area contributed by atoms with Crippen LogP contribution in [-0.2, 0) is 19.3 Å². The number of aromatic nitrogens is 3. The lowest BCUT2D eigenvalue weighted by atomic mass is 9.89. The highest BCUT2D eigenvalue weighted by Crippen LogP contribution is 2.37. The van der Waals surface area contributed by atoms with Gasteiger partial charge in [-0.15, -0.1) is 0 Å². The molecule has 2 aromatic heterocycles. The second-order valence-corrected chi connectivity index (χ2v) is 16.1. The second kappa shape index (κ2) is 19.1. The van der Waals surface area contributed by atoms with Crippen molar-refractivity contribution < 1.29 is 0 Å². The molecule has 288 valence electrons. The van der Waals surface area contributed by atoms with Gasteiger partial charge in [-0.1, -0.05) is 84.3 Å². The van der Waals surface area contributed by atoms with Crippen molar-refractivity contribution in [2.45, 2.75) is 76.7 Å². The maximum Gasteiger partial charge on any atom is 0.274 e. The van der Waals surface area contributed by atoms with Crippen molar-refractivity contribution in [3.8, 4) is 0 Å². The summed E-state index contributed by atoms with van der Waals surface area (Å²) in [7, 11) is 4.36. The molecule has 7 nitrogen and oxygen atoms in total. The van der Waals surface area contributed by atoms with Crippen molar-refractivity contribution in [2.75, 3.05) is 53.4 Å². The van der Waals surface area contributed by atoms with Gasteiger partial charge in [0.25, 0.3) is 5.56 Å². The largest absolute Gasteiger partial charge is 0.317 e. The topological polar surface area (TPSA) is 66.3 Å². The highest BCUT2D eigenvalue weighted by Gasteiger charge is 2.24. The predicted molar refractivity (Wildman–Crippen MR) is 228 cm³/mol. The molecule has 1 unspecified atom stereocenters. The van der Waals surface area contributed by atoms with Crippen molar-refractivity contribution in [1.29, 1.82) is 0 Å². The van der Waals surface area contributed by atoms with Gasteiger partial charge in [0, 0.05) is 41.7 Å². The van der Waals surface area contributed by atoms with E-state index in [-0.39, 0.29) is 11.6 Å². The summed E-state index contributed by atoms with van der Waals surface area (Å²) in [6, 6.07) is 29.1. The van der Waals surface area contributed by atoms with Gasteiger partial charge < -0.3 is 15.1 Å². The molecule has 3 aromatic carbocycles. The molecule has 3 fully saturated rings. The first-order chi connectivity index (χ1) is 26.9. The Hall–Kier alpha value is -4.14. The zero-order chi connectivity index (χ0) is 38.0. The average Bonchev–Trinajstić information content (AvgIpc) is 3.55. The van der Waals surface area contributed by atoms with Gasteiger partial charge in [0.2, 0.25) is 0 Å². The number of piperidine rings is 2. The number of hydrogen-bond donors (Lipinski definition) is 1. The number of halogens is 1. The number of nitrogens with one attached hydrogen (secondary N) is 1. The number of hydrogen-bond acceptors (Lipinski definition) is 6. The van der Waals surface area contributed by atoms with Gasteiger partial charge in [0.05, 0.1) is 22.8 Å². The monoisotopic (exact) mass is 756 g/mol. The molecule has 9 rings (SSSR count). The molecular weight excluding hydrogens is 700 g/mol. The fraction of sp³-hybridized carbons (Fsp3) is 0.426. The van der Waals surface area contributed by atoms with E-state index in [0.717, 1.165) is 98.2 Å². The number of pyridine rings is 1. The van der Waals surface area contributed by atoms with Gasteiger partial charge in [0.1, 0.15) is 0 Å². The lowest BCUT2D eigenvalue weighted by Crippen LogP contribution is -2.29. The zero-order valence-corrected chi connectivity index (χ0v) is 33.5. The van der Waals surface area contributed by atoms with E-state index in [2.05, 4.69) is 65.6 Å². The fourth-order valence-electron chi connectivity index (χ4n) is 8.46. The summed E-state index contributed by atoms with van der Waals surface area (Å²) in [4.78, 5) is 22.7. The highest BCUT2D eigenvalue weighted by atomic mass is 35.5. The molecule has 8 heteroatoms. The molecule has 5 heterocycles. The molecular formula is C47H57ClN6O. The summed E-state index contributed by atoms with van der Waals surface area (Å²) in [5.74, 6) is 0. The number of benzene rings is 3. The van der Waals surface area contributed by atoms with Crippen LogP contribution >= 0.6 is 11.6 Å². The van der Waals surface area contributed by atoms with E-state index in [1.165, 1.54) is 60.3 Å². The van der Waals surface area contributed by atoms with Crippen LogP contribution in [0.3, 0.4) is 0 Å². The van der Waals surface area contributed by atoms with Crippen LogP contribution in [0.5, 0.6) is 0 Å². The Balaban J connectivity index is 0.000000149. The smallest absolute Gasteiger partial charge is 0.274 e. The first-order valence-electron chi connectivity index (χ1n) is 20.5. The molecule has 55 heavy (non-hydrogen) atoms. The normalized spacial score (nSPS) is 19.1. The Labute approximate surface area is 332 Å². The molecule has 3 saturated heterocycles. The summed E-state index contributed by atoms with van der Waals surface area (Å²) < 4.78 is 1.76. The molecule has 3 aliphatic heterocycles. The quantitative estimate of drug-likeness (QED) is 0.199. The summed E-state index contributed by atoms with van der Waals surface area (Å²) in [5.41, 5.74) is 10.7. The van der Waals surface area contributed by atoms with Crippen LogP contribution in [0.1, 0.15) is 91.1 Å². The van der Waals surface area contributed by atoms with Gasteiger partial charge in [-0.3, -0.25) is 9.78 Å². The van der Waals surface area contributed by atoms with Gasteiger partial charge in [-0.2, -0.15) is 5.10 Å². The maximum absolute atomic E-state index is 13.1.